The number of rotatable bonds is 5. The summed E-state index contributed by atoms with van der Waals surface area (Å²) in [5.74, 6) is -0.309. The van der Waals surface area contributed by atoms with Crippen LogP contribution in [0.4, 0.5) is 0 Å². The average molecular weight is 225 g/mol. The molecule has 0 aliphatic rings. The molecule has 0 aromatic carbocycles. The quantitative estimate of drug-likeness (QED) is 0.682. The highest BCUT2D eigenvalue weighted by Crippen LogP contribution is 1.89. The van der Waals surface area contributed by atoms with Crippen molar-refractivity contribution in [1.29, 1.82) is 0 Å². The Balaban J connectivity index is 2.58. The maximum atomic E-state index is 11.5. The van der Waals surface area contributed by atoms with Gasteiger partial charge < -0.3 is 10.4 Å². The van der Waals surface area contributed by atoms with Crippen molar-refractivity contribution in [2.24, 2.45) is 0 Å². The number of nitrogens with zero attached hydrogens (tertiary/aromatic N) is 2. The third kappa shape index (κ3) is 3.47. The van der Waals surface area contributed by atoms with Crippen LogP contribution in [-0.2, 0) is 11.3 Å². The number of aromatic nitrogens is 2. The van der Waals surface area contributed by atoms with Crippen molar-refractivity contribution in [3.8, 4) is 0 Å². The van der Waals surface area contributed by atoms with Crippen LogP contribution in [-0.4, -0.2) is 33.2 Å². The Morgan fingerprint density at radius 2 is 2.44 bits per heavy atom. The van der Waals surface area contributed by atoms with Gasteiger partial charge in [-0.25, -0.2) is 9.78 Å². The molecule has 0 saturated heterocycles. The molecule has 0 saturated carbocycles. The maximum Gasteiger partial charge on any atom is 0.347 e. The summed E-state index contributed by atoms with van der Waals surface area (Å²) in [6.07, 6.45) is 3.51. The van der Waals surface area contributed by atoms with Gasteiger partial charge in [0.25, 0.3) is 0 Å². The second-order valence-corrected chi connectivity index (χ2v) is 3.39. The fraction of sp³-hybridized carbons (Fsp3) is 0.500. The van der Waals surface area contributed by atoms with Gasteiger partial charge in [-0.05, 0) is 12.5 Å². The number of aliphatic hydroxyl groups excluding tert-OH is 1. The van der Waals surface area contributed by atoms with Crippen LogP contribution < -0.4 is 11.0 Å². The molecule has 88 valence electrons. The first-order valence-corrected chi connectivity index (χ1v) is 5.09. The summed E-state index contributed by atoms with van der Waals surface area (Å²) in [6.45, 7) is 1.67. The van der Waals surface area contributed by atoms with E-state index < -0.39 is 5.69 Å². The van der Waals surface area contributed by atoms with Crippen molar-refractivity contribution in [3.05, 3.63) is 28.9 Å². The predicted molar refractivity (Wildman–Crippen MR) is 57.8 cm³/mol. The van der Waals surface area contributed by atoms with Crippen molar-refractivity contribution in [2.45, 2.75) is 25.9 Å². The number of amides is 1. The molecule has 0 fully saturated rings. The van der Waals surface area contributed by atoms with Crippen LogP contribution in [0.25, 0.3) is 0 Å². The van der Waals surface area contributed by atoms with Crippen LogP contribution in [0.3, 0.4) is 0 Å². The first-order chi connectivity index (χ1) is 7.67. The van der Waals surface area contributed by atoms with Crippen molar-refractivity contribution in [3.63, 3.8) is 0 Å². The minimum absolute atomic E-state index is 0.0802. The molecule has 16 heavy (non-hydrogen) atoms. The van der Waals surface area contributed by atoms with E-state index in [9.17, 15) is 9.59 Å². The monoisotopic (exact) mass is 225 g/mol. The van der Waals surface area contributed by atoms with Gasteiger partial charge in [0.15, 0.2) is 0 Å². The summed E-state index contributed by atoms with van der Waals surface area (Å²) < 4.78 is 1.21. The fourth-order valence-corrected chi connectivity index (χ4v) is 1.21. The molecule has 1 aromatic rings. The molecule has 0 aliphatic heterocycles. The van der Waals surface area contributed by atoms with Gasteiger partial charge >= 0.3 is 5.69 Å². The minimum Gasteiger partial charge on any atom is -0.394 e. The van der Waals surface area contributed by atoms with Gasteiger partial charge in [-0.1, -0.05) is 6.92 Å². The van der Waals surface area contributed by atoms with E-state index in [1.54, 1.807) is 6.07 Å². The molecule has 1 amide bonds. The molecular weight excluding hydrogens is 210 g/mol. The number of nitrogens with one attached hydrogen (secondary N) is 1. The standard InChI is InChI=1S/C10H15N3O3/c1-2-8(7-14)12-9(15)6-13-5-3-4-11-10(13)16/h3-5,8,14H,2,6-7H2,1H3,(H,12,15). The van der Waals surface area contributed by atoms with E-state index in [1.807, 2.05) is 6.92 Å². The summed E-state index contributed by atoms with van der Waals surface area (Å²) >= 11 is 0. The van der Waals surface area contributed by atoms with Crippen LogP contribution in [0.1, 0.15) is 13.3 Å². The van der Waals surface area contributed by atoms with Gasteiger partial charge in [-0.2, -0.15) is 0 Å². The van der Waals surface area contributed by atoms with E-state index in [4.69, 9.17) is 5.11 Å². The van der Waals surface area contributed by atoms with E-state index in [0.717, 1.165) is 0 Å². The molecule has 1 atom stereocenters. The first kappa shape index (κ1) is 12.4. The summed E-state index contributed by atoms with van der Waals surface area (Å²) in [5.41, 5.74) is -0.463. The lowest BCUT2D eigenvalue weighted by atomic mass is 10.2. The second-order valence-electron chi connectivity index (χ2n) is 3.39. The van der Waals surface area contributed by atoms with Crippen molar-refractivity contribution >= 4 is 5.91 Å². The Morgan fingerprint density at radius 3 is 3.00 bits per heavy atom. The molecule has 1 rings (SSSR count). The molecule has 6 heteroatoms. The third-order valence-corrected chi connectivity index (χ3v) is 2.18. The predicted octanol–water partition coefficient (Wildman–Crippen LogP) is -0.870. The van der Waals surface area contributed by atoms with Crippen molar-refractivity contribution in [2.75, 3.05) is 6.61 Å². The Labute approximate surface area is 92.9 Å². The van der Waals surface area contributed by atoms with Crippen LogP contribution in [0.5, 0.6) is 0 Å². The molecule has 0 radical (unpaired) electrons. The van der Waals surface area contributed by atoms with Gasteiger partial charge in [0, 0.05) is 12.4 Å². The minimum atomic E-state index is -0.463. The third-order valence-electron chi connectivity index (χ3n) is 2.18. The molecule has 0 spiro atoms. The normalized spacial score (nSPS) is 12.1. The summed E-state index contributed by atoms with van der Waals surface area (Å²) in [6, 6.07) is 1.32. The fourth-order valence-electron chi connectivity index (χ4n) is 1.21. The van der Waals surface area contributed by atoms with Crippen LogP contribution in [0.2, 0.25) is 0 Å². The Hall–Kier alpha value is -1.69. The zero-order chi connectivity index (χ0) is 12.0. The van der Waals surface area contributed by atoms with Gasteiger partial charge in [0.1, 0.15) is 6.54 Å². The summed E-state index contributed by atoms with van der Waals surface area (Å²) in [7, 11) is 0. The molecule has 1 aromatic heterocycles. The molecule has 6 nitrogen and oxygen atoms in total. The number of hydrogen-bond acceptors (Lipinski definition) is 4. The summed E-state index contributed by atoms with van der Waals surface area (Å²) in [4.78, 5) is 26.2. The van der Waals surface area contributed by atoms with E-state index in [0.29, 0.717) is 6.42 Å². The number of carbonyl (C=O) groups excluding carboxylic acids is 1. The lowest BCUT2D eigenvalue weighted by Gasteiger charge is -2.14. The van der Waals surface area contributed by atoms with Gasteiger partial charge in [0.2, 0.25) is 5.91 Å². The Bertz CT molecular complexity index is 398. The van der Waals surface area contributed by atoms with Crippen LogP contribution in [0, 0.1) is 0 Å². The second kappa shape index (κ2) is 6.02. The smallest absolute Gasteiger partial charge is 0.347 e. The zero-order valence-electron chi connectivity index (χ0n) is 9.09. The number of hydrogen-bond donors (Lipinski definition) is 2. The number of aliphatic hydroxyl groups is 1. The van der Waals surface area contributed by atoms with Crippen molar-refractivity contribution < 1.29 is 9.90 Å². The number of carbonyl (C=O) groups is 1. The highest BCUT2D eigenvalue weighted by molar-refractivity contribution is 5.76. The zero-order valence-corrected chi connectivity index (χ0v) is 9.09. The highest BCUT2D eigenvalue weighted by Gasteiger charge is 2.09. The SMILES string of the molecule is CCC(CO)NC(=O)Cn1cccnc1=O. The topological polar surface area (TPSA) is 84.2 Å². The average Bonchev–Trinajstić information content (AvgIpc) is 2.29. The Kier molecular flexibility index (Phi) is 4.65. The lowest BCUT2D eigenvalue weighted by Crippen LogP contribution is -2.40. The lowest BCUT2D eigenvalue weighted by molar-refractivity contribution is -0.122. The molecule has 0 aliphatic carbocycles. The van der Waals surface area contributed by atoms with Crippen molar-refractivity contribution in [1.82, 2.24) is 14.9 Å². The summed E-state index contributed by atoms with van der Waals surface area (Å²) in [5, 5.41) is 11.5. The molecular formula is C10H15N3O3. The molecule has 0 bridgehead atoms. The molecule has 1 heterocycles. The molecule has 1 unspecified atom stereocenters. The van der Waals surface area contributed by atoms with E-state index in [2.05, 4.69) is 10.3 Å². The van der Waals surface area contributed by atoms with Gasteiger partial charge in [-0.3, -0.25) is 9.36 Å². The van der Waals surface area contributed by atoms with Gasteiger partial charge in [0.05, 0.1) is 12.6 Å². The van der Waals surface area contributed by atoms with Crippen LogP contribution >= 0.6 is 0 Å². The van der Waals surface area contributed by atoms with E-state index in [-0.39, 0.29) is 25.1 Å². The largest absolute Gasteiger partial charge is 0.394 e. The van der Waals surface area contributed by atoms with E-state index >= 15 is 0 Å². The molecule has 2 N–H and O–H groups in total. The van der Waals surface area contributed by atoms with Crippen LogP contribution in [0.15, 0.2) is 23.3 Å². The Morgan fingerprint density at radius 1 is 1.69 bits per heavy atom. The highest BCUT2D eigenvalue weighted by atomic mass is 16.3. The first-order valence-electron chi connectivity index (χ1n) is 5.09. The maximum absolute atomic E-state index is 11.5. The van der Waals surface area contributed by atoms with Gasteiger partial charge in [-0.15, -0.1) is 0 Å². The van der Waals surface area contributed by atoms with E-state index in [1.165, 1.54) is 17.0 Å².